The minimum atomic E-state index is -4.49. The number of aromatic nitrogens is 3. The lowest BCUT2D eigenvalue weighted by Gasteiger charge is -2.15. The Morgan fingerprint density at radius 3 is 2.68 bits per heavy atom. The van der Waals surface area contributed by atoms with Crippen molar-refractivity contribution < 1.29 is 21.6 Å². The molecule has 0 amide bonds. The summed E-state index contributed by atoms with van der Waals surface area (Å²) in [6.07, 6.45) is -2.22. The summed E-state index contributed by atoms with van der Waals surface area (Å²) in [5.41, 5.74) is 0.380. The lowest BCUT2D eigenvalue weighted by Crippen LogP contribution is -2.18. The lowest BCUT2D eigenvalue weighted by atomic mass is 10.1. The number of rotatable bonds is 3. The molecule has 0 atom stereocenters. The van der Waals surface area contributed by atoms with Crippen molar-refractivity contribution in [2.45, 2.75) is 31.1 Å². The van der Waals surface area contributed by atoms with Crippen molar-refractivity contribution in [2.24, 2.45) is 0 Å². The second kappa shape index (κ2) is 6.35. The van der Waals surface area contributed by atoms with Crippen molar-refractivity contribution in [3.8, 4) is 0 Å². The highest BCUT2D eigenvalue weighted by molar-refractivity contribution is 7.91. The second-order valence-electron chi connectivity index (χ2n) is 6.42. The quantitative estimate of drug-likeness (QED) is 0.633. The van der Waals surface area contributed by atoms with E-state index in [2.05, 4.69) is 10.1 Å². The molecule has 0 N–H and O–H groups in total. The molecule has 4 heterocycles. The predicted octanol–water partition coefficient (Wildman–Crippen LogP) is 3.72. The number of halogens is 4. The lowest BCUT2D eigenvalue weighted by molar-refractivity contribution is -0.137. The highest BCUT2D eigenvalue weighted by Gasteiger charge is 2.35. The Kier molecular flexibility index (Phi) is 4.31. The van der Waals surface area contributed by atoms with Gasteiger partial charge in [-0.25, -0.2) is 12.9 Å². The van der Waals surface area contributed by atoms with E-state index < -0.39 is 21.6 Å². The van der Waals surface area contributed by atoms with E-state index in [0.717, 1.165) is 12.3 Å². The normalized spacial score (nSPS) is 14.7. The molecule has 6 nitrogen and oxygen atoms in total. The number of sulfone groups is 1. The summed E-state index contributed by atoms with van der Waals surface area (Å²) < 4.78 is 65.7. The first-order valence-electron chi connectivity index (χ1n) is 8.30. The zero-order valence-corrected chi connectivity index (χ0v) is 16.1. The van der Waals surface area contributed by atoms with Gasteiger partial charge in [0.25, 0.3) is 0 Å². The smallest absolute Gasteiger partial charge is 0.344 e. The molecule has 28 heavy (non-hydrogen) atoms. The first-order valence-corrected chi connectivity index (χ1v) is 10.3. The van der Waals surface area contributed by atoms with Crippen LogP contribution in [0.4, 0.5) is 19.0 Å². The molecule has 0 aliphatic carbocycles. The van der Waals surface area contributed by atoms with Crippen LogP contribution in [0.1, 0.15) is 23.7 Å². The predicted molar refractivity (Wildman–Crippen MR) is 97.1 cm³/mol. The Balaban J connectivity index is 1.83. The molecule has 0 saturated heterocycles. The van der Waals surface area contributed by atoms with Crippen molar-refractivity contribution in [3.63, 3.8) is 0 Å². The zero-order valence-electron chi connectivity index (χ0n) is 14.5. The molecular formula is C17H14ClF3N4O2S. The summed E-state index contributed by atoms with van der Waals surface area (Å²) in [4.78, 5) is 5.56. The van der Waals surface area contributed by atoms with Crippen LogP contribution in [0.2, 0.25) is 5.02 Å². The molecule has 0 fully saturated rings. The van der Waals surface area contributed by atoms with Crippen molar-refractivity contribution in [3.05, 3.63) is 52.4 Å². The van der Waals surface area contributed by atoms with Crippen LogP contribution in [0.3, 0.4) is 0 Å². The van der Waals surface area contributed by atoms with Crippen LogP contribution in [0.5, 0.6) is 0 Å². The minimum absolute atomic E-state index is 0.0375. The fraction of sp³-hybridized carbons (Fsp3) is 0.294. The SMILES string of the molecule is CCS(=O)(=O)c1c(N2Cc3cc(C(F)(F)F)cnc3C2)nn2cc(Cl)ccc12. The molecule has 0 aromatic carbocycles. The van der Waals surface area contributed by atoms with Crippen LogP contribution in [-0.4, -0.2) is 28.8 Å². The van der Waals surface area contributed by atoms with Gasteiger partial charge < -0.3 is 4.90 Å². The van der Waals surface area contributed by atoms with Crippen LogP contribution >= 0.6 is 11.6 Å². The first kappa shape index (κ1) is 19.0. The first-order chi connectivity index (χ1) is 13.1. The van der Waals surface area contributed by atoms with Gasteiger partial charge in [-0.05, 0) is 23.8 Å². The summed E-state index contributed by atoms with van der Waals surface area (Å²) in [5.74, 6) is 0.0389. The molecule has 0 bridgehead atoms. The summed E-state index contributed by atoms with van der Waals surface area (Å²) >= 11 is 5.98. The van der Waals surface area contributed by atoms with Crippen LogP contribution in [-0.2, 0) is 29.1 Å². The Bertz CT molecular complexity index is 1190. The van der Waals surface area contributed by atoms with Gasteiger partial charge in [-0.1, -0.05) is 18.5 Å². The Hall–Kier alpha value is -2.33. The number of hydrogen-bond donors (Lipinski definition) is 0. The van der Waals surface area contributed by atoms with E-state index >= 15 is 0 Å². The van der Waals surface area contributed by atoms with Crippen molar-refractivity contribution >= 4 is 32.8 Å². The second-order valence-corrected chi connectivity index (χ2v) is 9.07. The van der Waals surface area contributed by atoms with Crippen LogP contribution in [0.25, 0.3) is 5.52 Å². The number of anilines is 1. The van der Waals surface area contributed by atoms with Gasteiger partial charge >= 0.3 is 6.18 Å². The summed E-state index contributed by atoms with van der Waals surface area (Å²) in [6.45, 7) is 1.77. The van der Waals surface area contributed by atoms with Crippen LogP contribution in [0.15, 0.2) is 35.5 Å². The maximum atomic E-state index is 13.0. The topological polar surface area (TPSA) is 67.6 Å². The molecule has 4 rings (SSSR count). The fourth-order valence-corrected chi connectivity index (χ4v) is 4.58. The molecule has 1 aliphatic rings. The van der Waals surface area contributed by atoms with E-state index in [4.69, 9.17) is 11.6 Å². The van der Waals surface area contributed by atoms with Gasteiger partial charge in [0, 0.05) is 18.9 Å². The van der Waals surface area contributed by atoms with E-state index in [1.54, 1.807) is 17.0 Å². The number of nitrogens with zero attached hydrogens (tertiary/aromatic N) is 4. The molecule has 0 spiro atoms. The molecule has 0 saturated carbocycles. The average molecular weight is 431 g/mol. The molecule has 148 valence electrons. The number of pyridine rings is 2. The molecule has 3 aromatic rings. The molecule has 0 unspecified atom stereocenters. The van der Waals surface area contributed by atoms with Crippen molar-refractivity contribution in [1.82, 2.24) is 14.6 Å². The Labute approximate surface area is 163 Å². The third-order valence-electron chi connectivity index (χ3n) is 4.61. The fourth-order valence-electron chi connectivity index (χ4n) is 3.20. The van der Waals surface area contributed by atoms with Gasteiger partial charge in [0.05, 0.1) is 34.1 Å². The highest BCUT2D eigenvalue weighted by Crippen LogP contribution is 2.37. The van der Waals surface area contributed by atoms with Gasteiger partial charge in [-0.3, -0.25) is 4.98 Å². The number of alkyl halides is 3. The maximum Gasteiger partial charge on any atom is 0.417 e. The van der Waals surface area contributed by atoms with E-state index in [1.165, 1.54) is 17.6 Å². The van der Waals surface area contributed by atoms with E-state index in [-0.39, 0.29) is 29.6 Å². The standard InChI is InChI=1S/C17H14ClF3N4O2S/c1-2-28(26,27)15-14-4-3-12(18)8-25(14)23-16(15)24-7-10-5-11(17(19,20)21)6-22-13(10)9-24/h3-6,8H,2,7,9H2,1H3. The monoisotopic (exact) mass is 430 g/mol. The largest absolute Gasteiger partial charge is 0.417 e. The molecular weight excluding hydrogens is 417 g/mol. The van der Waals surface area contributed by atoms with Gasteiger partial charge in [0.2, 0.25) is 0 Å². The van der Waals surface area contributed by atoms with E-state index in [1.807, 2.05) is 0 Å². The zero-order chi connectivity index (χ0) is 20.3. The number of fused-ring (bicyclic) bond motifs is 2. The molecule has 3 aromatic heterocycles. The molecule has 11 heteroatoms. The number of hydrogen-bond acceptors (Lipinski definition) is 5. The van der Waals surface area contributed by atoms with Gasteiger partial charge in [-0.15, -0.1) is 5.10 Å². The van der Waals surface area contributed by atoms with Gasteiger partial charge in [0.1, 0.15) is 4.90 Å². The van der Waals surface area contributed by atoms with Gasteiger partial charge in [-0.2, -0.15) is 13.2 Å². The highest BCUT2D eigenvalue weighted by atomic mass is 35.5. The molecule has 1 aliphatic heterocycles. The minimum Gasteiger partial charge on any atom is -0.344 e. The van der Waals surface area contributed by atoms with E-state index in [9.17, 15) is 21.6 Å². The van der Waals surface area contributed by atoms with Crippen molar-refractivity contribution in [1.29, 1.82) is 0 Å². The Morgan fingerprint density at radius 2 is 2.00 bits per heavy atom. The summed E-state index contributed by atoms with van der Waals surface area (Å²) in [7, 11) is -3.65. The summed E-state index contributed by atoms with van der Waals surface area (Å²) in [5, 5.41) is 4.73. The van der Waals surface area contributed by atoms with Crippen LogP contribution in [0, 0.1) is 0 Å². The maximum absolute atomic E-state index is 13.0. The van der Waals surface area contributed by atoms with Crippen molar-refractivity contribution in [2.75, 3.05) is 10.7 Å². The van der Waals surface area contributed by atoms with Crippen LogP contribution < -0.4 is 4.90 Å². The molecule has 0 radical (unpaired) electrons. The third-order valence-corrected chi connectivity index (χ3v) is 6.61. The third kappa shape index (κ3) is 3.10. The van der Waals surface area contributed by atoms with E-state index in [0.29, 0.717) is 21.8 Å². The average Bonchev–Trinajstić information content (AvgIpc) is 3.21. The summed E-state index contributed by atoms with van der Waals surface area (Å²) in [6, 6.07) is 4.17. The Morgan fingerprint density at radius 1 is 1.25 bits per heavy atom. The van der Waals surface area contributed by atoms with Gasteiger partial charge in [0.15, 0.2) is 15.7 Å².